The first-order chi connectivity index (χ1) is 14.4. The molecule has 0 saturated heterocycles. The van der Waals surface area contributed by atoms with Gasteiger partial charge in [0.2, 0.25) is 0 Å². The van der Waals surface area contributed by atoms with Crippen LogP contribution in [0, 0.1) is 11.6 Å². The standard InChI is InChI=1S/C21H23F2N5O2/c1-12(16-10-13(22)2-7-18(16)23)25-19-8-9-28-20(27-19)17(11-24-28)21(30)26-14-3-5-15(29)6-4-14/h2,7-12,14-15,29H,3-6H2,1H3,(H,25,27)(H,26,30)/t12?,14-,15-. The number of benzene rings is 1. The number of rotatable bonds is 5. The zero-order valence-electron chi connectivity index (χ0n) is 16.5. The number of nitrogens with one attached hydrogen (secondary N) is 2. The Labute approximate surface area is 172 Å². The quantitative estimate of drug-likeness (QED) is 0.595. The molecule has 0 radical (unpaired) electrons. The van der Waals surface area contributed by atoms with Crippen LogP contribution in [0.25, 0.3) is 5.65 Å². The summed E-state index contributed by atoms with van der Waals surface area (Å²) >= 11 is 0. The lowest BCUT2D eigenvalue weighted by molar-refractivity contribution is 0.0869. The Morgan fingerprint density at radius 2 is 2.00 bits per heavy atom. The van der Waals surface area contributed by atoms with Crippen LogP contribution in [0.2, 0.25) is 0 Å². The molecule has 1 amide bonds. The molecule has 7 nitrogen and oxygen atoms in total. The van der Waals surface area contributed by atoms with Crippen molar-refractivity contribution in [3.63, 3.8) is 0 Å². The molecule has 2 aromatic heterocycles. The van der Waals surface area contributed by atoms with Gasteiger partial charge < -0.3 is 15.7 Å². The molecule has 30 heavy (non-hydrogen) atoms. The third kappa shape index (κ3) is 4.25. The molecule has 1 saturated carbocycles. The lowest BCUT2D eigenvalue weighted by atomic mass is 9.93. The van der Waals surface area contributed by atoms with Gasteiger partial charge in [-0.25, -0.2) is 18.3 Å². The highest BCUT2D eigenvalue weighted by molar-refractivity contribution is 5.99. The third-order valence-electron chi connectivity index (χ3n) is 5.43. The number of hydrogen-bond donors (Lipinski definition) is 3. The van der Waals surface area contributed by atoms with Crippen LogP contribution in [-0.4, -0.2) is 37.8 Å². The number of aromatic nitrogens is 3. The second-order valence-electron chi connectivity index (χ2n) is 7.65. The van der Waals surface area contributed by atoms with Gasteiger partial charge in [-0.15, -0.1) is 0 Å². The zero-order chi connectivity index (χ0) is 21.3. The Morgan fingerprint density at radius 3 is 2.77 bits per heavy atom. The summed E-state index contributed by atoms with van der Waals surface area (Å²) in [6.45, 7) is 1.70. The van der Waals surface area contributed by atoms with Gasteiger partial charge in [0.1, 0.15) is 23.0 Å². The summed E-state index contributed by atoms with van der Waals surface area (Å²) in [5.74, 6) is -0.901. The summed E-state index contributed by atoms with van der Waals surface area (Å²) in [7, 11) is 0. The van der Waals surface area contributed by atoms with Crippen LogP contribution in [0.1, 0.15) is 54.6 Å². The minimum atomic E-state index is -0.537. The molecule has 3 N–H and O–H groups in total. The highest BCUT2D eigenvalue weighted by Crippen LogP contribution is 2.23. The van der Waals surface area contributed by atoms with Crippen LogP contribution in [0.5, 0.6) is 0 Å². The van der Waals surface area contributed by atoms with E-state index in [-0.39, 0.29) is 23.6 Å². The number of amides is 1. The molecule has 1 unspecified atom stereocenters. The van der Waals surface area contributed by atoms with Crippen LogP contribution in [0.3, 0.4) is 0 Å². The van der Waals surface area contributed by atoms with Crippen LogP contribution in [0.15, 0.2) is 36.7 Å². The third-order valence-corrected chi connectivity index (χ3v) is 5.43. The molecule has 2 heterocycles. The molecule has 1 aromatic carbocycles. The number of nitrogens with zero attached hydrogens (tertiary/aromatic N) is 3. The number of carbonyl (C=O) groups is 1. The Hall–Kier alpha value is -3.07. The largest absolute Gasteiger partial charge is 0.393 e. The fraction of sp³-hybridized carbons (Fsp3) is 0.381. The molecule has 9 heteroatoms. The first-order valence-electron chi connectivity index (χ1n) is 9.95. The molecule has 1 fully saturated rings. The molecule has 158 valence electrons. The van der Waals surface area contributed by atoms with Crippen molar-refractivity contribution in [1.29, 1.82) is 0 Å². The molecular weight excluding hydrogens is 392 g/mol. The van der Waals surface area contributed by atoms with Crippen molar-refractivity contribution in [3.05, 3.63) is 59.4 Å². The fourth-order valence-corrected chi connectivity index (χ4v) is 3.74. The lowest BCUT2D eigenvalue weighted by Crippen LogP contribution is -2.38. The highest BCUT2D eigenvalue weighted by atomic mass is 19.1. The van der Waals surface area contributed by atoms with Gasteiger partial charge in [-0.1, -0.05) is 0 Å². The van der Waals surface area contributed by atoms with Gasteiger partial charge in [0.05, 0.1) is 18.3 Å². The Morgan fingerprint density at radius 1 is 1.23 bits per heavy atom. The van der Waals surface area contributed by atoms with Gasteiger partial charge in [-0.3, -0.25) is 4.79 Å². The van der Waals surface area contributed by atoms with E-state index in [9.17, 15) is 18.7 Å². The van der Waals surface area contributed by atoms with Crippen molar-refractivity contribution in [2.24, 2.45) is 0 Å². The summed E-state index contributed by atoms with van der Waals surface area (Å²) in [5.41, 5.74) is 0.872. The SMILES string of the molecule is CC(Nc1ccn2ncc(C(=O)N[C@H]3CC[C@H](O)CC3)c2n1)c1cc(F)ccc1F. The number of aliphatic hydroxyl groups is 1. The molecule has 3 aromatic rings. The smallest absolute Gasteiger partial charge is 0.256 e. The summed E-state index contributed by atoms with van der Waals surface area (Å²) in [5, 5.41) is 19.8. The van der Waals surface area contributed by atoms with Crippen molar-refractivity contribution in [2.75, 3.05) is 5.32 Å². The number of halogens is 2. The number of anilines is 1. The van der Waals surface area contributed by atoms with Gasteiger partial charge in [-0.05, 0) is 56.9 Å². The average Bonchev–Trinajstić information content (AvgIpc) is 3.15. The average molecular weight is 415 g/mol. The second-order valence-corrected chi connectivity index (χ2v) is 7.65. The molecular formula is C21H23F2N5O2. The Balaban J connectivity index is 1.52. The van der Waals surface area contributed by atoms with Gasteiger partial charge >= 0.3 is 0 Å². The fourth-order valence-electron chi connectivity index (χ4n) is 3.74. The first kappa shape index (κ1) is 20.2. The van der Waals surface area contributed by atoms with E-state index in [1.807, 2.05) is 0 Å². The van der Waals surface area contributed by atoms with E-state index in [0.29, 0.717) is 29.9 Å². The lowest BCUT2D eigenvalue weighted by Gasteiger charge is -2.25. The first-order valence-corrected chi connectivity index (χ1v) is 9.95. The van der Waals surface area contributed by atoms with Gasteiger partial charge in [0, 0.05) is 17.8 Å². The topological polar surface area (TPSA) is 91.5 Å². The molecule has 0 aliphatic heterocycles. The van der Waals surface area contributed by atoms with E-state index in [1.165, 1.54) is 10.7 Å². The minimum absolute atomic E-state index is 0.00753. The second kappa shape index (κ2) is 8.35. The van der Waals surface area contributed by atoms with Crippen molar-refractivity contribution >= 4 is 17.4 Å². The van der Waals surface area contributed by atoms with Crippen molar-refractivity contribution in [2.45, 2.75) is 50.8 Å². The number of aliphatic hydroxyl groups excluding tert-OH is 1. The van der Waals surface area contributed by atoms with E-state index >= 15 is 0 Å². The van der Waals surface area contributed by atoms with E-state index in [4.69, 9.17) is 0 Å². The number of carbonyl (C=O) groups excluding carboxylic acids is 1. The summed E-state index contributed by atoms with van der Waals surface area (Å²) in [6, 6.07) is 4.42. The predicted molar refractivity (Wildman–Crippen MR) is 107 cm³/mol. The van der Waals surface area contributed by atoms with Crippen LogP contribution in [0.4, 0.5) is 14.6 Å². The zero-order valence-corrected chi connectivity index (χ0v) is 16.5. The van der Waals surface area contributed by atoms with Gasteiger partial charge in [0.25, 0.3) is 5.91 Å². The van der Waals surface area contributed by atoms with Gasteiger partial charge in [-0.2, -0.15) is 5.10 Å². The molecule has 1 atom stereocenters. The molecule has 1 aliphatic carbocycles. The molecule has 1 aliphatic rings. The maximum atomic E-state index is 14.0. The van der Waals surface area contributed by atoms with Crippen molar-refractivity contribution in [1.82, 2.24) is 19.9 Å². The predicted octanol–water partition coefficient (Wildman–Crippen LogP) is 3.21. The van der Waals surface area contributed by atoms with Gasteiger partial charge in [0.15, 0.2) is 5.65 Å². The maximum Gasteiger partial charge on any atom is 0.256 e. The minimum Gasteiger partial charge on any atom is -0.393 e. The summed E-state index contributed by atoms with van der Waals surface area (Å²) < 4.78 is 29.0. The van der Waals surface area contributed by atoms with Crippen LogP contribution in [-0.2, 0) is 0 Å². The van der Waals surface area contributed by atoms with E-state index < -0.39 is 17.7 Å². The molecule has 0 spiro atoms. The van der Waals surface area contributed by atoms with Crippen LogP contribution >= 0.6 is 0 Å². The molecule has 0 bridgehead atoms. The summed E-state index contributed by atoms with van der Waals surface area (Å²) in [4.78, 5) is 17.2. The highest BCUT2D eigenvalue weighted by Gasteiger charge is 2.23. The summed E-state index contributed by atoms with van der Waals surface area (Å²) in [6.07, 6.45) is 5.59. The normalized spacial score (nSPS) is 20.1. The Bertz CT molecular complexity index is 1060. The Kier molecular flexibility index (Phi) is 5.63. The van der Waals surface area contributed by atoms with Crippen molar-refractivity contribution in [3.8, 4) is 0 Å². The maximum absolute atomic E-state index is 14.0. The van der Waals surface area contributed by atoms with E-state index in [0.717, 1.165) is 31.0 Å². The van der Waals surface area contributed by atoms with Crippen LogP contribution < -0.4 is 10.6 Å². The van der Waals surface area contributed by atoms with Crippen molar-refractivity contribution < 1.29 is 18.7 Å². The number of hydrogen-bond acceptors (Lipinski definition) is 5. The van der Waals surface area contributed by atoms with E-state index in [2.05, 4.69) is 20.7 Å². The number of fused-ring (bicyclic) bond motifs is 1. The van der Waals surface area contributed by atoms with E-state index in [1.54, 1.807) is 19.2 Å². The molecule has 4 rings (SSSR count). The monoisotopic (exact) mass is 415 g/mol.